The molecule has 0 saturated carbocycles. The van der Waals surface area contributed by atoms with Gasteiger partial charge in [0.15, 0.2) is 0 Å². The number of thiophene rings is 1. The summed E-state index contributed by atoms with van der Waals surface area (Å²) < 4.78 is 27.3. The van der Waals surface area contributed by atoms with E-state index in [0.29, 0.717) is 11.3 Å². The minimum absolute atomic E-state index is 0. The zero-order valence-electron chi connectivity index (χ0n) is 13.4. The average Bonchev–Trinajstić information content (AvgIpc) is 3.11. The highest BCUT2D eigenvalue weighted by molar-refractivity contribution is 7.94. The molecule has 1 atom stereocenters. The molecule has 1 aromatic carbocycles. The van der Waals surface area contributed by atoms with Crippen LogP contribution >= 0.6 is 23.7 Å². The first-order valence-corrected chi connectivity index (χ1v) is 10.1. The van der Waals surface area contributed by atoms with Crippen molar-refractivity contribution >= 4 is 45.4 Å². The molecule has 136 valence electrons. The molecule has 1 fully saturated rings. The van der Waals surface area contributed by atoms with E-state index in [9.17, 15) is 13.2 Å². The number of rotatable bonds is 5. The maximum Gasteiger partial charge on any atom is 0.271 e. The van der Waals surface area contributed by atoms with E-state index in [1.807, 2.05) is 0 Å². The van der Waals surface area contributed by atoms with Gasteiger partial charge >= 0.3 is 0 Å². The molecule has 2 heterocycles. The molecule has 3 N–H and O–H groups in total. The van der Waals surface area contributed by atoms with Gasteiger partial charge in [0.05, 0.1) is 0 Å². The number of amides is 1. The van der Waals surface area contributed by atoms with Crippen LogP contribution in [0.1, 0.15) is 23.2 Å². The number of benzene rings is 1. The lowest BCUT2D eigenvalue weighted by atomic mass is 10.1. The van der Waals surface area contributed by atoms with Crippen LogP contribution in [-0.4, -0.2) is 33.5 Å². The predicted octanol–water partition coefficient (Wildman–Crippen LogP) is 2.45. The van der Waals surface area contributed by atoms with E-state index in [1.54, 1.807) is 41.8 Å². The Kier molecular flexibility index (Phi) is 6.83. The number of carbonyl (C=O) groups is 1. The predicted molar refractivity (Wildman–Crippen MR) is 102 cm³/mol. The largest absolute Gasteiger partial charge is 0.348 e. The fraction of sp³-hybridized carbons (Fsp3) is 0.312. The molecule has 9 heteroatoms. The summed E-state index contributed by atoms with van der Waals surface area (Å²) in [6.45, 7) is 1.74. The van der Waals surface area contributed by atoms with E-state index in [1.165, 1.54) is 0 Å². The number of nitrogens with one attached hydrogen (secondary N) is 3. The fourth-order valence-electron chi connectivity index (χ4n) is 2.59. The van der Waals surface area contributed by atoms with Gasteiger partial charge in [-0.3, -0.25) is 9.52 Å². The highest BCUT2D eigenvalue weighted by Crippen LogP contribution is 2.21. The highest BCUT2D eigenvalue weighted by Gasteiger charge is 2.18. The molecule has 1 saturated heterocycles. The first-order chi connectivity index (χ1) is 11.5. The molecular formula is C16H20ClN3O3S2. The molecule has 0 aliphatic carbocycles. The number of hydrogen-bond donors (Lipinski definition) is 3. The smallest absolute Gasteiger partial charge is 0.271 e. The zero-order valence-corrected chi connectivity index (χ0v) is 15.8. The molecule has 0 radical (unpaired) electrons. The third kappa shape index (κ3) is 5.18. The summed E-state index contributed by atoms with van der Waals surface area (Å²) in [6, 6.07) is 9.86. The Bertz CT molecular complexity index is 804. The summed E-state index contributed by atoms with van der Waals surface area (Å²) in [4.78, 5) is 12.3. The molecule has 1 aliphatic rings. The van der Waals surface area contributed by atoms with E-state index >= 15 is 0 Å². The zero-order chi connectivity index (χ0) is 17.0. The van der Waals surface area contributed by atoms with Crippen molar-refractivity contribution in [1.82, 2.24) is 10.6 Å². The van der Waals surface area contributed by atoms with Gasteiger partial charge in [0.2, 0.25) is 0 Å². The Morgan fingerprint density at radius 2 is 2.08 bits per heavy atom. The van der Waals surface area contributed by atoms with Crippen molar-refractivity contribution in [1.29, 1.82) is 0 Å². The molecular weight excluding hydrogens is 382 g/mol. The maximum atomic E-state index is 12.3. The SMILES string of the molecule is Cl.O=C(N[C@H]1CCCNC1)c1cccc(NS(=O)(=O)c2cccs2)c1. The van der Waals surface area contributed by atoms with Gasteiger partial charge in [0.1, 0.15) is 4.21 Å². The van der Waals surface area contributed by atoms with Crippen LogP contribution in [-0.2, 0) is 10.0 Å². The van der Waals surface area contributed by atoms with E-state index in [-0.39, 0.29) is 28.6 Å². The summed E-state index contributed by atoms with van der Waals surface area (Å²) >= 11 is 1.15. The average molecular weight is 402 g/mol. The molecule has 1 amide bonds. The number of hydrogen-bond acceptors (Lipinski definition) is 5. The number of carbonyl (C=O) groups excluding carboxylic acids is 1. The summed E-state index contributed by atoms with van der Waals surface area (Å²) in [5.41, 5.74) is 0.810. The van der Waals surface area contributed by atoms with Crippen molar-refractivity contribution in [2.24, 2.45) is 0 Å². The van der Waals surface area contributed by atoms with Crippen LogP contribution in [0.4, 0.5) is 5.69 Å². The van der Waals surface area contributed by atoms with E-state index in [0.717, 1.165) is 37.3 Å². The van der Waals surface area contributed by atoms with Crippen LogP contribution in [0.5, 0.6) is 0 Å². The lowest BCUT2D eigenvalue weighted by molar-refractivity contribution is 0.0930. The van der Waals surface area contributed by atoms with Crippen LogP contribution in [0.15, 0.2) is 46.0 Å². The second-order valence-corrected chi connectivity index (χ2v) is 8.49. The highest BCUT2D eigenvalue weighted by atomic mass is 35.5. The van der Waals surface area contributed by atoms with Crippen LogP contribution < -0.4 is 15.4 Å². The fourth-order valence-corrected chi connectivity index (χ4v) is 4.63. The molecule has 0 unspecified atom stereocenters. The van der Waals surface area contributed by atoms with Gasteiger partial charge in [-0.05, 0) is 49.0 Å². The Morgan fingerprint density at radius 1 is 1.24 bits per heavy atom. The van der Waals surface area contributed by atoms with Crippen molar-refractivity contribution in [3.8, 4) is 0 Å². The third-order valence-electron chi connectivity index (χ3n) is 3.77. The van der Waals surface area contributed by atoms with Gasteiger partial charge in [-0.2, -0.15) is 0 Å². The second-order valence-electron chi connectivity index (χ2n) is 5.64. The molecule has 25 heavy (non-hydrogen) atoms. The monoisotopic (exact) mass is 401 g/mol. The molecule has 2 aromatic rings. The van der Waals surface area contributed by atoms with Gasteiger partial charge in [0.25, 0.3) is 15.9 Å². The number of anilines is 1. The minimum atomic E-state index is -3.61. The second kappa shape index (κ2) is 8.66. The standard InChI is InChI=1S/C16H19N3O3S2.ClH/c20-16(18-14-6-2-8-17-11-14)12-4-1-5-13(10-12)19-24(21,22)15-7-3-9-23-15;/h1,3-5,7,9-10,14,17,19H,2,6,8,11H2,(H,18,20);1H/t14-;/m0./s1. The molecule has 0 bridgehead atoms. The van der Waals surface area contributed by atoms with Crippen molar-refractivity contribution in [2.75, 3.05) is 17.8 Å². The normalized spacial score (nSPS) is 17.4. The maximum absolute atomic E-state index is 12.3. The number of halogens is 1. The molecule has 0 spiro atoms. The minimum Gasteiger partial charge on any atom is -0.348 e. The van der Waals surface area contributed by atoms with Gasteiger partial charge in [-0.1, -0.05) is 12.1 Å². The quantitative estimate of drug-likeness (QED) is 0.718. The van der Waals surface area contributed by atoms with E-state index in [2.05, 4.69) is 15.4 Å². The van der Waals surface area contributed by atoms with Crippen molar-refractivity contribution < 1.29 is 13.2 Å². The summed E-state index contributed by atoms with van der Waals surface area (Å²) in [6.07, 6.45) is 1.98. The Hall–Kier alpha value is -1.61. The lowest BCUT2D eigenvalue weighted by Crippen LogP contribution is -2.45. The summed E-state index contributed by atoms with van der Waals surface area (Å²) in [5.74, 6) is -0.194. The Morgan fingerprint density at radius 3 is 2.76 bits per heavy atom. The molecule has 6 nitrogen and oxygen atoms in total. The molecule has 1 aromatic heterocycles. The van der Waals surface area contributed by atoms with E-state index in [4.69, 9.17) is 0 Å². The summed E-state index contributed by atoms with van der Waals surface area (Å²) in [7, 11) is -3.61. The topological polar surface area (TPSA) is 87.3 Å². The lowest BCUT2D eigenvalue weighted by Gasteiger charge is -2.23. The van der Waals surface area contributed by atoms with Gasteiger partial charge in [-0.25, -0.2) is 8.42 Å². The van der Waals surface area contributed by atoms with Gasteiger partial charge < -0.3 is 10.6 Å². The molecule has 3 rings (SSSR count). The molecule has 1 aliphatic heterocycles. The Labute approximate surface area is 157 Å². The van der Waals surface area contributed by atoms with Crippen molar-refractivity contribution in [3.63, 3.8) is 0 Å². The number of piperidine rings is 1. The first-order valence-electron chi connectivity index (χ1n) is 7.72. The van der Waals surface area contributed by atoms with Crippen molar-refractivity contribution in [3.05, 3.63) is 47.3 Å². The third-order valence-corrected chi connectivity index (χ3v) is 6.55. The van der Waals surface area contributed by atoms with Crippen LogP contribution in [0, 0.1) is 0 Å². The van der Waals surface area contributed by atoms with Crippen LogP contribution in [0.3, 0.4) is 0 Å². The number of sulfonamides is 1. The Balaban J connectivity index is 0.00000225. The van der Waals surface area contributed by atoms with Crippen LogP contribution in [0.25, 0.3) is 0 Å². The van der Waals surface area contributed by atoms with Crippen LogP contribution in [0.2, 0.25) is 0 Å². The van der Waals surface area contributed by atoms with Gasteiger partial charge in [-0.15, -0.1) is 23.7 Å². The first kappa shape index (κ1) is 19.7. The van der Waals surface area contributed by atoms with E-state index < -0.39 is 10.0 Å². The van der Waals surface area contributed by atoms with Gasteiger partial charge in [0, 0.05) is 23.8 Å². The van der Waals surface area contributed by atoms with Crippen molar-refractivity contribution in [2.45, 2.75) is 23.1 Å². The summed E-state index contributed by atoms with van der Waals surface area (Å²) in [5, 5.41) is 7.93.